The molecule has 0 unspecified atom stereocenters. The van der Waals surface area contributed by atoms with E-state index in [9.17, 15) is 43.2 Å². The molecule has 0 saturated carbocycles. The fourth-order valence-electron chi connectivity index (χ4n) is 8.28. The summed E-state index contributed by atoms with van der Waals surface area (Å²) in [7, 11) is 0. The molecular weight excluding hydrogens is 913 g/mol. The Morgan fingerprint density at radius 3 is 1.52 bits per heavy atom. The molecule has 3 aliphatic rings. The zero-order valence-electron chi connectivity index (χ0n) is 38.3. The maximum Gasteiger partial charge on any atom is 0.316 e. The Morgan fingerprint density at radius 2 is 0.971 bits per heavy atom. The highest BCUT2D eigenvalue weighted by atomic mass is 16.7. The predicted molar refractivity (Wildman–Crippen MR) is 228 cm³/mol. The van der Waals surface area contributed by atoms with Gasteiger partial charge in [0.2, 0.25) is 0 Å². The number of hydrogen-bond acceptors (Lipinski definition) is 21. The molecule has 69 heavy (non-hydrogen) atoms. The van der Waals surface area contributed by atoms with Gasteiger partial charge in [0, 0.05) is 115 Å². The molecule has 0 spiro atoms. The second-order valence-corrected chi connectivity index (χ2v) is 15.7. The van der Waals surface area contributed by atoms with Gasteiger partial charge in [0.15, 0.2) is 35.2 Å². The molecule has 5 atom stereocenters. The molecule has 21 heteroatoms. The van der Waals surface area contributed by atoms with Crippen LogP contribution in [0.25, 0.3) is 0 Å². The Labute approximate surface area is 391 Å². The van der Waals surface area contributed by atoms with Crippen LogP contribution in [0.4, 0.5) is 0 Å². The van der Waals surface area contributed by atoms with Crippen molar-refractivity contribution in [3.8, 4) is 57.5 Å². The van der Waals surface area contributed by atoms with Crippen LogP contribution in [-0.4, -0.2) is 65.9 Å². The number of rotatable bonds is 11. The lowest BCUT2D eigenvalue weighted by molar-refractivity contribution is -0.232. The summed E-state index contributed by atoms with van der Waals surface area (Å²) in [6.07, 6.45) is -4.43. The van der Waals surface area contributed by atoms with E-state index in [4.69, 9.17) is 56.8 Å². The van der Waals surface area contributed by atoms with Gasteiger partial charge in [-0.1, -0.05) is 6.07 Å². The van der Waals surface area contributed by atoms with E-state index in [0.29, 0.717) is 0 Å². The smallest absolute Gasteiger partial charge is 0.316 e. The summed E-state index contributed by atoms with van der Waals surface area (Å²) in [4.78, 5) is 113. The minimum Gasteiger partial charge on any atom is -0.481 e. The molecule has 0 N–H and O–H groups in total. The van der Waals surface area contributed by atoms with E-state index in [0.717, 1.165) is 62.3 Å². The molecule has 0 amide bonds. The summed E-state index contributed by atoms with van der Waals surface area (Å²) in [5.41, 5.74) is 0.360. The largest absolute Gasteiger partial charge is 0.481 e. The monoisotopic (exact) mass is 954 g/mol. The van der Waals surface area contributed by atoms with Crippen LogP contribution in [0.15, 0.2) is 54.6 Å². The Kier molecular flexibility index (Phi) is 13.3. The highest BCUT2D eigenvalue weighted by Gasteiger charge is 2.63. The van der Waals surface area contributed by atoms with Gasteiger partial charge in [0.1, 0.15) is 40.6 Å². The first-order valence-electron chi connectivity index (χ1n) is 20.9. The number of benzene rings is 4. The highest BCUT2D eigenvalue weighted by molar-refractivity contribution is 5.79. The molecule has 4 aromatic rings. The molecule has 21 nitrogen and oxygen atoms in total. The molecule has 360 valence electrons. The lowest BCUT2D eigenvalue weighted by atomic mass is 9.74. The van der Waals surface area contributed by atoms with E-state index in [1.54, 1.807) is 0 Å². The van der Waals surface area contributed by atoms with Crippen LogP contribution in [0.3, 0.4) is 0 Å². The summed E-state index contributed by atoms with van der Waals surface area (Å²) in [5.74, 6) is -12.8. The number of ether oxygens (including phenoxy) is 12. The van der Waals surface area contributed by atoms with E-state index in [-0.39, 0.29) is 91.7 Å². The molecule has 0 aliphatic carbocycles. The fraction of sp³-hybridized carbons (Fsp3) is 0.312. The molecule has 2 bridgehead atoms. The van der Waals surface area contributed by atoms with Gasteiger partial charge in [0.25, 0.3) is 0 Å². The molecular formula is C48H42O21. The van der Waals surface area contributed by atoms with Gasteiger partial charge < -0.3 is 56.8 Å². The van der Waals surface area contributed by atoms with Gasteiger partial charge in [-0.2, -0.15) is 0 Å². The Morgan fingerprint density at radius 1 is 0.478 bits per heavy atom. The van der Waals surface area contributed by atoms with Crippen molar-refractivity contribution in [3.05, 3.63) is 82.4 Å². The van der Waals surface area contributed by atoms with Crippen molar-refractivity contribution in [1.82, 2.24) is 0 Å². The first-order chi connectivity index (χ1) is 32.5. The van der Waals surface area contributed by atoms with Crippen molar-refractivity contribution in [3.63, 3.8) is 0 Å². The Bertz CT molecular complexity index is 2880. The predicted octanol–water partition coefficient (Wildman–Crippen LogP) is 5.47. The van der Waals surface area contributed by atoms with Crippen molar-refractivity contribution in [2.45, 2.75) is 98.8 Å². The average Bonchev–Trinajstić information content (AvgIpc) is 3.20. The van der Waals surface area contributed by atoms with Gasteiger partial charge in [-0.15, -0.1) is 0 Å². The van der Waals surface area contributed by atoms with Gasteiger partial charge in [-0.05, 0) is 30.3 Å². The van der Waals surface area contributed by atoms with Crippen molar-refractivity contribution < 1.29 is 100.0 Å². The van der Waals surface area contributed by atoms with Crippen molar-refractivity contribution in [2.24, 2.45) is 0 Å². The van der Waals surface area contributed by atoms with E-state index in [1.165, 1.54) is 54.6 Å². The summed E-state index contributed by atoms with van der Waals surface area (Å²) < 4.78 is 70.9. The summed E-state index contributed by atoms with van der Waals surface area (Å²) in [6.45, 7) is 10.1. The molecule has 0 radical (unpaired) electrons. The van der Waals surface area contributed by atoms with E-state index < -0.39 is 83.7 Å². The topological polar surface area (TPSA) is 264 Å². The van der Waals surface area contributed by atoms with Crippen molar-refractivity contribution in [1.29, 1.82) is 0 Å². The number of carbonyl (C=O) groups is 9. The van der Waals surface area contributed by atoms with Gasteiger partial charge >= 0.3 is 59.5 Å². The molecule has 4 aromatic carbocycles. The van der Waals surface area contributed by atoms with Crippen LogP contribution in [0.2, 0.25) is 0 Å². The van der Waals surface area contributed by atoms with Gasteiger partial charge in [0.05, 0.1) is 5.92 Å². The van der Waals surface area contributed by atoms with Crippen molar-refractivity contribution in [2.75, 3.05) is 0 Å². The lowest BCUT2D eigenvalue weighted by Crippen LogP contribution is -2.59. The van der Waals surface area contributed by atoms with Crippen LogP contribution in [0.5, 0.6) is 57.5 Å². The van der Waals surface area contributed by atoms with E-state index in [2.05, 4.69) is 0 Å². The molecule has 3 aliphatic heterocycles. The minimum absolute atomic E-state index is 0.0110. The van der Waals surface area contributed by atoms with Crippen molar-refractivity contribution >= 4 is 53.7 Å². The molecule has 3 heterocycles. The van der Waals surface area contributed by atoms with Crippen LogP contribution in [0, 0.1) is 0 Å². The van der Waals surface area contributed by atoms with E-state index >= 15 is 0 Å². The first-order valence-corrected chi connectivity index (χ1v) is 20.9. The second-order valence-electron chi connectivity index (χ2n) is 15.7. The number of carbonyl (C=O) groups excluding carboxylic acids is 9. The SMILES string of the molecule is CC(=O)Oc1cc(OC(C)=O)c2c(c1)O[C@]1(c3ccc(OC(C)=O)c(OC(C)=O)c3)Oc3cc(OC(C)=O)c4c(c3[C@H]2[C@@H]1OC(C)=O)O[C@H](c1ccc(OC(C)=O)c(OC(C)=O)c1)[C@H](OC(C)=O)C4. The molecule has 0 saturated heterocycles. The normalized spacial score (nSPS) is 19.1. The zero-order valence-corrected chi connectivity index (χ0v) is 38.3. The number of hydrogen-bond donors (Lipinski definition) is 0. The maximum absolute atomic E-state index is 13.4. The van der Waals surface area contributed by atoms with Crippen LogP contribution < -0.4 is 47.4 Å². The molecule has 0 fully saturated rings. The van der Waals surface area contributed by atoms with Gasteiger partial charge in [-0.25, -0.2) is 0 Å². The Hall–Kier alpha value is -8.49. The third-order valence-electron chi connectivity index (χ3n) is 10.3. The summed E-state index contributed by atoms with van der Waals surface area (Å²) >= 11 is 0. The highest BCUT2D eigenvalue weighted by Crippen LogP contribution is 2.64. The van der Waals surface area contributed by atoms with Gasteiger partial charge in [-0.3, -0.25) is 43.2 Å². The molecule has 0 aromatic heterocycles. The summed E-state index contributed by atoms with van der Waals surface area (Å²) in [5, 5.41) is 0. The quantitative estimate of drug-likeness (QED) is 0.133. The third-order valence-corrected chi connectivity index (χ3v) is 10.3. The van der Waals surface area contributed by atoms with Crippen LogP contribution >= 0.6 is 0 Å². The third kappa shape index (κ3) is 10.1. The van der Waals surface area contributed by atoms with Crippen LogP contribution in [0.1, 0.15) is 102 Å². The zero-order chi connectivity index (χ0) is 50.2. The van der Waals surface area contributed by atoms with E-state index in [1.807, 2.05) is 0 Å². The summed E-state index contributed by atoms with van der Waals surface area (Å²) in [6, 6.07) is 11.8. The standard InChI is InChI=1S/C48H42O21/c1-20(49)58-31-16-38(64-26(7)55)42-39(17-31)68-48(30-11-13-34(60-22(3)51)37(15-30)63-25(6)54)47(66-28(9)57)44(42)43-40(69-48)19-35(61-23(4)52)32-18-41(65-27(8)56)45(67-46(32)43)29-10-12-33(59-21(2)50)36(14-29)62-24(5)53/h10-17,19,41,44-45,47H,18H2,1-9H3/t41-,44+,45-,47+,48-/m1/s1. The van der Waals surface area contributed by atoms with Crippen LogP contribution in [-0.2, 0) is 64.8 Å². The number of fused-ring (bicyclic) bond motifs is 8. The average molecular weight is 955 g/mol. The molecule has 7 rings (SSSR count). The Balaban J connectivity index is 1.59. The minimum atomic E-state index is -2.37. The second kappa shape index (κ2) is 19.0. The maximum atomic E-state index is 13.4. The fourth-order valence-corrected chi connectivity index (χ4v) is 8.28. The first kappa shape index (κ1) is 48.4. The number of esters is 9. The lowest BCUT2D eigenvalue weighted by Gasteiger charge is -2.51.